The van der Waals surface area contributed by atoms with Gasteiger partial charge in [-0.25, -0.2) is 9.65 Å². The van der Waals surface area contributed by atoms with Crippen LogP contribution in [0.25, 0.3) is 10.8 Å². The second-order valence-electron chi connectivity index (χ2n) is 4.63. The molecule has 0 aromatic heterocycles. The Hall–Kier alpha value is -1.19. The summed E-state index contributed by atoms with van der Waals surface area (Å²) in [6.07, 6.45) is 0.769. The zero-order valence-electron chi connectivity index (χ0n) is 12.5. The van der Waals surface area contributed by atoms with Crippen molar-refractivity contribution in [3.63, 3.8) is 0 Å². The second-order valence-corrected chi connectivity index (χ2v) is 6.46. The molecule has 0 aliphatic heterocycles. The lowest BCUT2D eigenvalue weighted by atomic mass is 10.0. The molecule has 0 heterocycles. The molecule has 21 heavy (non-hydrogen) atoms. The third-order valence-corrected chi connectivity index (χ3v) is 4.98. The molecule has 0 amide bonds. The van der Waals surface area contributed by atoms with Gasteiger partial charge in [0, 0.05) is 6.54 Å². The van der Waals surface area contributed by atoms with E-state index in [9.17, 15) is 4.57 Å². The average molecular weight is 307 g/mol. The van der Waals surface area contributed by atoms with Gasteiger partial charge in [0.15, 0.2) is 0 Å². The summed E-state index contributed by atoms with van der Waals surface area (Å²) in [5, 5.41) is 5.36. The highest BCUT2D eigenvalue weighted by atomic mass is 31.2. The summed E-state index contributed by atoms with van der Waals surface area (Å²) in [5.74, 6) is 0. The molecule has 0 saturated carbocycles. The molecule has 0 spiro atoms. The van der Waals surface area contributed by atoms with Gasteiger partial charge in [0.1, 0.15) is 0 Å². The third kappa shape index (κ3) is 4.39. The summed E-state index contributed by atoms with van der Waals surface area (Å²) in [7, 11) is -3.17. The monoisotopic (exact) mass is 307 g/mol. The van der Waals surface area contributed by atoms with Crippen molar-refractivity contribution in [2.24, 2.45) is 0 Å². The number of fused-ring (bicyclic) bond motifs is 1. The molecule has 0 atom stereocenters. The Morgan fingerprint density at radius 3 is 2.38 bits per heavy atom. The highest BCUT2D eigenvalue weighted by Crippen LogP contribution is 2.43. The highest BCUT2D eigenvalue weighted by molar-refractivity contribution is 7.51. The molecule has 2 aromatic carbocycles. The average Bonchev–Trinajstić information content (AvgIpc) is 2.48. The van der Waals surface area contributed by atoms with Gasteiger partial charge in [0.05, 0.1) is 13.2 Å². The Balaban J connectivity index is 2.03. The zero-order chi connectivity index (χ0) is 15.1. The van der Waals surface area contributed by atoms with E-state index >= 15 is 0 Å². The lowest BCUT2D eigenvalue weighted by Crippen LogP contribution is -2.18. The molecule has 2 rings (SSSR count). The number of hydrogen-bond donors (Lipinski definition) is 1. The van der Waals surface area contributed by atoms with E-state index in [1.165, 1.54) is 16.3 Å². The van der Waals surface area contributed by atoms with Crippen LogP contribution in [0, 0.1) is 0 Å². The molecule has 0 radical (unpaired) electrons. The molecule has 0 unspecified atom stereocenters. The first kappa shape index (κ1) is 16.2. The van der Waals surface area contributed by atoms with E-state index in [1.54, 1.807) is 13.8 Å². The Kier molecular flexibility index (Phi) is 5.95. The van der Waals surface area contributed by atoms with Crippen molar-refractivity contribution in [3.8, 4) is 0 Å². The lowest BCUT2D eigenvalue weighted by molar-refractivity contribution is 0.211. The molecule has 0 aliphatic rings. The van der Waals surface area contributed by atoms with Gasteiger partial charge in [-0.05, 0) is 36.6 Å². The first-order valence-electron chi connectivity index (χ1n) is 7.29. The van der Waals surface area contributed by atoms with Gasteiger partial charge in [-0.2, -0.15) is 0 Å². The smallest absolute Gasteiger partial charge is 0.297 e. The second kappa shape index (κ2) is 7.71. The maximum Gasteiger partial charge on any atom is 0.405 e. The first-order valence-corrected chi connectivity index (χ1v) is 8.83. The van der Waals surface area contributed by atoms with Gasteiger partial charge in [-0.1, -0.05) is 42.5 Å². The number of nitrogens with one attached hydrogen (secondary N) is 1. The molecule has 0 saturated heterocycles. The lowest BCUT2D eigenvalue weighted by Gasteiger charge is -2.18. The maximum absolute atomic E-state index is 12.3. The van der Waals surface area contributed by atoms with Gasteiger partial charge in [-0.15, -0.1) is 0 Å². The molecular formula is C16H22NO3P. The molecule has 5 heteroatoms. The molecule has 0 bridgehead atoms. The van der Waals surface area contributed by atoms with Crippen LogP contribution in [0.15, 0.2) is 42.5 Å². The summed E-state index contributed by atoms with van der Waals surface area (Å²) < 4.78 is 22.7. The summed E-state index contributed by atoms with van der Waals surface area (Å²) in [4.78, 5) is 0. The summed E-state index contributed by atoms with van der Waals surface area (Å²) in [5.41, 5.74) is 1.22. The maximum atomic E-state index is 12.3. The molecule has 2 aromatic rings. The van der Waals surface area contributed by atoms with Crippen LogP contribution in [0.4, 0.5) is 0 Å². The molecule has 1 N–H and O–H groups in total. The SMILES string of the molecule is CCOP(=O)(NCCc1cccc2ccccc12)OCC. The van der Waals surface area contributed by atoms with Crippen LogP contribution < -0.4 is 5.09 Å². The van der Waals surface area contributed by atoms with E-state index < -0.39 is 7.75 Å². The van der Waals surface area contributed by atoms with Crippen LogP contribution in [0.5, 0.6) is 0 Å². The van der Waals surface area contributed by atoms with Gasteiger partial charge in [-0.3, -0.25) is 9.05 Å². The quantitative estimate of drug-likeness (QED) is 0.744. The van der Waals surface area contributed by atoms with Crippen molar-refractivity contribution in [2.45, 2.75) is 20.3 Å². The molecule has 4 nitrogen and oxygen atoms in total. The molecule has 0 fully saturated rings. The van der Waals surface area contributed by atoms with E-state index in [0.29, 0.717) is 19.8 Å². The van der Waals surface area contributed by atoms with Crippen LogP contribution in [-0.2, 0) is 20.0 Å². The van der Waals surface area contributed by atoms with Crippen LogP contribution in [-0.4, -0.2) is 19.8 Å². The fraction of sp³-hybridized carbons (Fsp3) is 0.375. The van der Waals surface area contributed by atoms with Crippen LogP contribution >= 0.6 is 7.75 Å². The summed E-state index contributed by atoms with van der Waals surface area (Å²) in [6, 6.07) is 14.5. The Bertz CT molecular complexity index is 614. The van der Waals surface area contributed by atoms with Crippen LogP contribution in [0.2, 0.25) is 0 Å². The topological polar surface area (TPSA) is 47.6 Å². The molecule has 0 aliphatic carbocycles. The van der Waals surface area contributed by atoms with E-state index in [4.69, 9.17) is 9.05 Å². The van der Waals surface area contributed by atoms with Gasteiger partial charge < -0.3 is 0 Å². The Morgan fingerprint density at radius 2 is 1.67 bits per heavy atom. The standard InChI is InChI=1S/C16H22NO3P/c1-3-19-21(18,20-4-2)17-13-12-15-10-7-9-14-8-5-6-11-16(14)15/h5-11H,3-4,12-13H2,1-2H3,(H,17,18). The van der Waals surface area contributed by atoms with Crippen molar-refractivity contribution in [2.75, 3.05) is 19.8 Å². The normalized spacial score (nSPS) is 11.9. The predicted molar refractivity (Wildman–Crippen MR) is 86.5 cm³/mol. The van der Waals surface area contributed by atoms with Crippen LogP contribution in [0.1, 0.15) is 19.4 Å². The van der Waals surface area contributed by atoms with Gasteiger partial charge >= 0.3 is 7.75 Å². The van der Waals surface area contributed by atoms with E-state index in [-0.39, 0.29) is 0 Å². The number of hydrogen-bond acceptors (Lipinski definition) is 3. The number of benzene rings is 2. The predicted octanol–water partition coefficient (Wildman–Crippen LogP) is 4.15. The minimum absolute atomic E-state index is 0.360. The molecule has 114 valence electrons. The van der Waals surface area contributed by atoms with Crippen molar-refractivity contribution >= 4 is 18.5 Å². The van der Waals surface area contributed by atoms with E-state index in [2.05, 4.69) is 29.4 Å². The summed E-state index contributed by atoms with van der Waals surface area (Å²) >= 11 is 0. The van der Waals surface area contributed by atoms with Crippen LogP contribution in [0.3, 0.4) is 0 Å². The zero-order valence-corrected chi connectivity index (χ0v) is 13.4. The number of rotatable bonds is 8. The van der Waals surface area contributed by atoms with Crippen molar-refractivity contribution in [1.29, 1.82) is 0 Å². The fourth-order valence-corrected chi connectivity index (χ4v) is 3.63. The van der Waals surface area contributed by atoms with Gasteiger partial charge in [0.2, 0.25) is 0 Å². The highest BCUT2D eigenvalue weighted by Gasteiger charge is 2.22. The van der Waals surface area contributed by atoms with E-state index in [1.807, 2.05) is 18.2 Å². The third-order valence-electron chi connectivity index (χ3n) is 3.18. The largest absolute Gasteiger partial charge is 0.405 e. The first-order chi connectivity index (χ1) is 10.2. The molecular weight excluding hydrogens is 285 g/mol. The van der Waals surface area contributed by atoms with E-state index in [0.717, 1.165) is 6.42 Å². The minimum Gasteiger partial charge on any atom is -0.297 e. The van der Waals surface area contributed by atoms with Crippen molar-refractivity contribution in [1.82, 2.24) is 5.09 Å². The Morgan fingerprint density at radius 1 is 1.00 bits per heavy atom. The fourth-order valence-electron chi connectivity index (χ4n) is 2.31. The Labute approximate surface area is 126 Å². The van der Waals surface area contributed by atoms with Gasteiger partial charge in [0.25, 0.3) is 0 Å². The minimum atomic E-state index is -3.17. The van der Waals surface area contributed by atoms with Crippen molar-refractivity contribution in [3.05, 3.63) is 48.0 Å². The van der Waals surface area contributed by atoms with Crippen molar-refractivity contribution < 1.29 is 13.6 Å². The summed E-state index contributed by atoms with van der Waals surface area (Å²) in [6.45, 7) is 4.87.